The Kier molecular flexibility index (Phi) is 6.03. The van der Waals surface area contributed by atoms with Gasteiger partial charge < -0.3 is 14.4 Å². The van der Waals surface area contributed by atoms with Gasteiger partial charge in [-0.3, -0.25) is 9.59 Å². The summed E-state index contributed by atoms with van der Waals surface area (Å²) in [5.41, 5.74) is -4.40. The lowest BCUT2D eigenvalue weighted by Gasteiger charge is -2.39. The number of methoxy groups -OCH3 is 1. The number of esters is 1. The summed E-state index contributed by atoms with van der Waals surface area (Å²) >= 11 is 0. The summed E-state index contributed by atoms with van der Waals surface area (Å²) in [7, 11) is 1.19. The number of carbonyl (C=O) groups is 2. The second-order valence-corrected chi connectivity index (χ2v) is 8.06. The van der Waals surface area contributed by atoms with Gasteiger partial charge in [0, 0.05) is 12.6 Å². The van der Waals surface area contributed by atoms with Gasteiger partial charge >= 0.3 is 18.3 Å². The third kappa shape index (κ3) is 4.65. The Hall–Kier alpha value is -2.30. The van der Waals surface area contributed by atoms with E-state index in [1.165, 1.54) is 18.9 Å². The highest BCUT2D eigenvalue weighted by Crippen LogP contribution is 2.40. The van der Waals surface area contributed by atoms with Gasteiger partial charge in [0.15, 0.2) is 0 Å². The molecule has 2 heterocycles. The maximum absolute atomic E-state index is 13.0. The van der Waals surface area contributed by atoms with Gasteiger partial charge in [-0.1, -0.05) is 0 Å². The fourth-order valence-electron chi connectivity index (χ4n) is 4.13. The number of nitrogens with zero attached hydrogens (tertiary/aromatic N) is 1. The molecule has 0 N–H and O–H groups in total. The van der Waals surface area contributed by atoms with Crippen molar-refractivity contribution in [3.63, 3.8) is 0 Å². The topological polar surface area (TPSA) is 55.8 Å². The summed E-state index contributed by atoms with van der Waals surface area (Å²) < 4.78 is 88.3. The monoisotopic (exact) mass is 453 g/mol. The van der Waals surface area contributed by atoms with E-state index in [1.54, 1.807) is 0 Å². The molecule has 1 amide bonds. The first-order valence-corrected chi connectivity index (χ1v) is 9.55. The zero-order valence-electron chi connectivity index (χ0n) is 16.8. The van der Waals surface area contributed by atoms with E-state index in [2.05, 4.69) is 0 Å². The molecule has 2 saturated heterocycles. The van der Waals surface area contributed by atoms with Crippen LogP contribution in [-0.4, -0.2) is 42.6 Å². The van der Waals surface area contributed by atoms with E-state index in [1.807, 2.05) is 0 Å². The smallest absolute Gasteiger partial charge is 0.416 e. The first-order chi connectivity index (χ1) is 14.3. The number of rotatable bonds is 4. The average molecular weight is 453 g/mol. The molecule has 0 spiro atoms. The largest absolute Gasteiger partial charge is 0.468 e. The molecule has 1 aromatic carbocycles. The van der Waals surface area contributed by atoms with Crippen molar-refractivity contribution in [3.8, 4) is 0 Å². The van der Waals surface area contributed by atoms with Crippen LogP contribution >= 0.6 is 0 Å². The highest BCUT2D eigenvalue weighted by molar-refractivity contribution is 6.03. The van der Waals surface area contributed by atoms with Gasteiger partial charge in [0.05, 0.1) is 30.9 Å². The van der Waals surface area contributed by atoms with E-state index >= 15 is 0 Å². The van der Waals surface area contributed by atoms with E-state index in [4.69, 9.17) is 9.47 Å². The molecule has 3 atom stereocenters. The van der Waals surface area contributed by atoms with Crippen LogP contribution in [0.2, 0.25) is 0 Å². The SMILES string of the molecule is COC(=O)C1(C)CCC2CC(OCc3cc(C(F)(F)F)cc(C(F)(F)F)c3)CN2C1=O. The number of fused-ring (bicyclic) bond motifs is 1. The Labute approximate surface area is 174 Å². The number of piperidine rings is 1. The molecule has 172 valence electrons. The van der Waals surface area contributed by atoms with Crippen LogP contribution in [0, 0.1) is 5.41 Å². The van der Waals surface area contributed by atoms with Crippen LogP contribution in [-0.2, 0) is 38.0 Å². The second kappa shape index (κ2) is 7.99. The summed E-state index contributed by atoms with van der Waals surface area (Å²) in [6, 6.07) is 1.10. The van der Waals surface area contributed by atoms with Crippen LogP contribution in [0.1, 0.15) is 42.9 Å². The molecule has 0 aromatic heterocycles. The van der Waals surface area contributed by atoms with Crippen LogP contribution in [0.15, 0.2) is 18.2 Å². The molecule has 2 fully saturated rings. The highest BCUT2D eigenvalue weighted by atomic mass is 19.4. The summed E-state index contributed by atoms with van der Waals surface area (Å²) in [5, 5.41) is 0. The molecule has 0 aliphatic carbocycles. The first-order valence-electron chi connectivity index (χ1n) is 9.55. The minimum absolute atomic E-state index is 0.0612. The standard InChI is InChI=1S/C20H21F6NO4/c1-18(17(29)30-2)4-3-14-8-15(9-27(14)16(18)28)31-10-11-5-12(19(21,22)23)7-13(6-11)20(24,25)26/h5-7,14-15H,3-4,8-10H2,1-2H3. The van der Waals surface area contributed by atoms with Crippen molar-refractivity contribution >= 4 is 11.9 Å². The fourth-order valence-corrected chi connectivity index (χ4v) is 4.13. The van der Waals surface area contributed by atoms with Crippen molar-refractivity contribution in [2.24, 2.45) is 5.41 Å². The number of carbonyl (C=O) groups excluding carboxylic acids is 2. The van der Waals surface area contributed by atoms with Crippen molar-refractivity contribution in [1.29, 1.82) is 0 Å². The Morgan fingerprint density at radius 1 is 1.13 bits per heavy atom. The number of hydrogen-bond acceptors (Lipinski definition) is 4. The molecule has 2 aliphatic rings. The van der Waals surface area contributed by atoms with Crippen molar-refractivity contribution < 1.29 is 45.4 Å². The van der Waals surface area contributed by atoms with E-state index in [-0.39, 0.29) is 30.6 Å². The maximum Gasteiger partial charge on any atom is 0.416 e. The van der Waals surface area contributed by atoms with E-state index in [0.717, 1.165) is 0 Å². The lowest BCUT2D eigenvalue weighted by molar-refractivity contribution is -0.166. The quantitative estimate of drug-likeness (QED) is 0.390. The number of halogens is 6. The van der Waals surface area contributed by atoms with Crippen molar-refractivity contribution in [1.82, 2.24) is 4.90 Å². The van der Waals surface area contributed by atoms with Gasteiger partial charge in [-0.2, -0.15) is 26.3 Å². The number of alkyl halides is 6. The van der Waals surface area contributed by atoms with Crippen LogP contribution < -0.4 is 0 Å². The van der Waals surface area contributed by atoms with Crippen LogP contribution in [0.4, 0.5) is 26.3 Å². The maximum atomic E-state index is 13.0. The summed E-state index contributed by atoms with van der Waals surface area (Å²) in [6.45, 7) is 1.12. The lowest BCUT2D eigenvalue weighted by Crippen LogP contribution is -2.53. The predicted molar refractivity (Wildman–Crippen MR) is 94.5 cm³/mol. The molecule has 3 unspecified atom stereocenters. The van der Waals surface area contributed by atoms with E-state index in [9.17, 15) is 35.9 Å². The minimum atomic E-state index is -4.94. The van der Waals surface area contributed by atoms with Gasteiger partial charge in [0.1, 0.15) is 5.41 Å². The lowest BCUT2D eigenvalue weighted by atomic mass is 9.79. The molecule has 0 radical (unpaired) electrons. The number of benzene rings is 1. The van der Waals surface area contributed by atoms with E-state index in [0.29, 0.717) is 25.0 Å². The van der Waals surface area contributed by atoms with Crippen LogP contribution in [0.3, 0.4) is 0 Å². The fraction of sp³-hybridized carbons (Fsp3) is 0.600. The van der Waals surface area contributed by atoms with Crippen molar-refractivity contribution in [3.05, 3.63) is 34.9 Å². The van der Waals surface area contributed by atoms with Crippen LogP contribution in [0.5, 0.6) is 0 Å². The normalized spacial score (nSPS) is 26.7. The van der Waals surface area contributed by atoms with Gasteiger partial charge in [0.2, 0.25) is 5.91 Å². The number of hydrogen-bond donors (Lipinski definition) is 0. The molecule has 5 nitrogen and oxygen atoms in total. The van der Waals surface area contributed by atoms with Crippen molar-refractivity contribution in [2.75, 3.05) is 13.7 Å². The summed E-state index contributed by atoms with van der Waals surface area (Å²) in [5.74, 6) is -1.07. The zero-order chi connectivity index (χ0) is 23.2. The molecule has 3 rings (SSSR count). The molecule has 11 heteroatoms. The third-order valence-corrected chi connectivity index (χ3v) is 5.86. The molecular weight excluding hydrogens is 432 g/mol. The minimum Gasteiger partial charge on any atom is -0.468 e. The average Bonchev–Trinajstić information content (AvgIpc) is 3.11. The molecule has 0 saturated carbocycles. The summed E-state index contributed by atoms with van der Waals surface area (Å²) in [6.07, 6.45) is -9.26. The molecule has 1 aromatic rings. The van der Waals surface area contributed by atoms with Gasteiger partial charge in [0.25, 0.3) is 0 Å². The third-order valence-electron chi connectivity index (χ3n) is 5.86. The Balaban J connectivity index is 1.72. The molecular formula is C20H21F6NO4. The molecule has 2 aliphatic heterocycles. The zero-order valence-corrected chi connectivity index (χ0v) is 16.8. The van der Waals surface area contributed by atoms with Gasteiger partial charge in [-0.05, 0) is 49.9 Å². The van der Waals surface area contributed by atoms with Gasteiger partial charge in [-0.15, -0.1) is 0 Å². The predicted octanol–water partition coefficient (Wildman–Crippen LogP) is 4.18. The van der Waals surface area contributed by atoms with Gasteiger partial charge in [-0.25, -0.2) is 0 Å². The van der Waals surface area contributed by atoms with Crippen LogP contribution in [0.25, 0.3) is 0 Å². The Morgan fingerprint density at radius 3 is 2.23 bits per heavy atom. The van der Waals surface area contributed by atoms with E-state index < -0.39 is 53.5 Å². The second-order valence-electron chi connectivity index (χ2n) is 8.06. The number of amides is 1. The Bertz CT molecular complexity index is 836. The highest BCUT2D eigenvalue weighted by Gasteiger charge is 2.52. The molecule has 31 heavy (non-hydrogen) atoms. The Morgan fingerprint density at radius 2 is 1.71 bits per heavy atom. The van der Waals surface area contributed by atoms with Crippen molar-refractivity contribution in [2.45, 2.75) is 57.3 Å². The first kappa shape index (κ1) is 23.4. The molecule has 0 bridgehead atoms. The number of ether oxygens (including phenoxy) is 2. The summed E-state index contributed by atoms with van der Waals surface area (Å²) in [4.78, 5) is 26.3.